The highest BCUT2D eigenvalue weighted by atomic mass is 127. The topological polar surface area (TPSA) is 58.5 Å². The quantitative estimate of drug-likeness (QED) is 0.320. The highest BCUT2D eigenvalue weighted by Crippen LogP contribution is 2.03. The number of methoxy groups -OCH3 is 1. The first kappa shape index (κ1) is 19.0. The maximum Gasteiger partial charge on any atom is 0.191 e. The molecule has 0 atom stereocenters. The molecule has 7 heteroatoms. The summed E-state index contributed by atoms with van der Waals surface area (Å²) in [5.41, 5.74) is 0.344. The number of nitrogens with zero attached hydrogens (tertiary/aromatic N) is 2. The standard InChI is InChI=1S/C13H21FN4O.HI/c1-3-15-13(17-8-5-9-19-2)18-10-12-11(14)6-4-7-16-12;/h4,6-7H,3,5,8-10H2,1-2H3,(H2,15,17,18);1H. The predicted octanol–water partition coefficient (Wildman–Crippen LogP) is 1.93. The smallest absolute Gasteiger partial charge is 0.191 e. The molecule has 0 fully saturated rings. The molecule has 1 heterocycles. The molecular weight excluding hydrogens is 374 g/mol. The highest BCUT2D eigenvalue weighted by molar-refractivity contribution is 14.0. The normalized spacial score (nSPS) is 10.8. The van der Waals surface area contributed by atoms with E-state index in [1.807, 2.05) is 6.92 Å². The van der Waals surface area contributed by atoms with Crippen molar-refractivity contribution in [2.75, 3.05) is 26.8 Å². The number of halogens is 2. The van der Waals surface area contributed by atoms with Gasteiger partial charge in [-0.2, -0.15) is 0 Å². The molecule has 0 amide bonds. The Balaban J connectivity index is 0.00000361. The molecule has 0 aliphatic heterocycles. The Bertz CT molecular complexity index is 404. The number of rotatable bonds is 7. The number of ether oxygens (including phenoxy) is 1. The van der Waals surface area contributed by atoms with Crippen molar-refractivity contribution in [3.8, 4) is 0 Å². The Labute approximate surface area is 136 Å². The van der Waals surface area contributed by atoms with Gasteiger partial charge in [-0.3, -0.25) is 4.98 Å². The Morgan fingerprint density at radius 3 is 2.90 bits per heavy atom. The van der Waals surface area contributed by atoms with Crippen LogP contribution in [0.2, 0.25) is 0 Å². The number of hydrogen-bond acceptors (Lipinski definition) is 3. The summed E-state index contributed by atoms with van der Waals surface area (Å²) in [5, 5.41) is 6.25. The van der Waals surface area contributed by atoms with Crippen molar-refractivity contribution in [1.82, 2.24) is 15.6 Å². The molecule has 1 aromatic heterocycles. The fraction of sp³-hybridized carbons (Fsp3) is 0.538. The first-order valence-corrected chi connectivity index (χ1v) is 6.38. The van der Waals surface area contributed by atoms with Gasteiger partial charge in [-0.25, -0.2) is 9.38 Å². The molecule has 5 nitrogen and oxygen atoms in total. The minimum absolute atomic E-state index is 0. The van der Waals surface area contributed by atoms with E-state index in [4.69, 9.17) is 4.74 Å². The van der Waals surface area contributed by atoms with Gasteiger partial charge in [0.1, 0.15) is 5.82 Å². The SMILES string of the molecule is CCNC(=NCc1ncccc1F)NCCCOC.I. The van der Waals surface area contributed by atoms with Crippen molar-refractivity contribution in [3.05, 3.63) is 29.8 Å². The van der Waals surface area contributed by atoms with Crippen LogP contribution in [-0.2, 0) is 11.3 Å². The van der Waals surface area contributed by atoms with Crippen LogP contribution in [0.4, 0.5) is 4.39 Å². The number of guanidine groups is 1. The minimum atomic E-state index is -0.332. The van der Waals surface area contributed by atoms with Crippen molar-refractivity contribution in [2.45, 2.75) is 19.9 Å². The molecule has 0 aliphatic rings. The maximum atomic E-state index is 13.4. The molecule has 1 aromatic rings. The lowest BCUT2D eigenvalue weighted by molar-refractivity contribution is 0.195. The number of pyridine rings is 1. The van der Waals surface area contributed by atoms with Gasteiger partial charge in [0.25, 0.3) is 0 Å². The van der Waals surface area contributed by atoms with Gasteiger partial charge in [0, 0.05) is 33.0 Å². The number of aromatic nitrogens is 1. The second-order valence-electron chi connectivity index (χ2n) is 3.90. The summed E-state index contributed by atoms with van der Waals surface area (Å²) >= 11 is 0. The van der Waals surface area contributed by atoms with Gasteiger partial charge in [0.15, 0.2) is 5.96 Å². The third-order valence-corrected chi connectivity index (χ3v) is 2.38. The lowest BCUT2D eigenvalue weighted by Gasteiger charge is -2.10. The van der Waals surface area contributed by atoms with Crippen LogP contribution >= 0.6 is 24.0 Å². The molecule has 1 rings (SSSR count). The molecule has 20 heavy (non-hydrogen) atoms. The van der Waals surface area contributed by atoms with E-state index in [1.54, 1.807) is 19.4 Å². The van der Waals surface area contributed by atoms with Gasteiger partial charge in [-0.15, -0.1) is 24.0 Å². The van der Waals surface area contributed by atoms with E-state index in [-0.39, 0.29) is 36.3 Å². The van der Waals surface area contributed by atoms with E-state index in [1.165, 1.54) is 6.07 Å². The summed E-state index contributed by atoms with van der Waals surface area (Å²) in [6.45, 7) is 4.40. The summed E-state index contributed by atoms with van der Waals surface area (Å²) in [7, 11) is 1.67. The van der Waals surface area contributed by atoms with Gasteiger partial charge in [-0.05, 0) is 25.5 Å². The summed E-state index contributed by atoms with van der Waals surface area (Å²) in [6.07, 6.45) is 2.45. The fourth-order valence-electron chi connectivity index (χ4n) is 1.45. The van der Waals surface area contributed by atoms with Gasteiger partial charge >= 0.3 is 0 Å². The first-order valence-electron chi connectivity index (χ1n) is 6.38. The Hall–Kier alpha value is -0.960. The second kappa shape index (κ2) is 11.8. The molecule has 0 aliphatic carbocycles. The molecule has 2 N–H and O–H groups in total. The zero-order valence-corrected chi connectivity index (χ0v) is 14.2. The summed E-state index contributed by atoms with van der Waals surface area (Å²) in [6, 6.07) is 2.95. The molecule has 0 radical (unpaired) electrons. The second-order valence-corrected chi connectivity index (χ2v) is 3.90. The van der Waals surface area contributed by atoms with E-state index in [9.17, 15) is 4.39 Å². The Morgan fingerprint density at radius 1 is 1.45 bits per heavy atom. The molecule has 0 unspecified atom stereocenters. The molecule has 0 saturated heterocycles. The van der Waals surface area contributed by atoms with Gasteiger partial charge in [0.2, 0.25) is 0 Å². The third kappa shape index (κ3) is 7.59. The summed E-state index contributed by atoms with van der Waals surface area (Å²) in [5.74, 6) is 0.324. The number of nitrogens with one attached hydrogen (secondary N) is 2. The number of aliphatic imine (C=N–C) groups is 1. The molecule has 0 saturated carbocycles. The van der Waals surface area contributed by atoms with Crippen LogP contribution in [0, 0.1) is 5.82 Å². The molecule has 0 bridgehead atoms. The zero-order chi connectivity index (χ0) is 13.9. The van der Waals surface area contributed by atoms with Crippen LogP contribution in [0.1, 0.15) is 19.0 Å². The average molecular weight is 396 g/mol. The third-order valence-electron chi connectivity index (χ3n) is 2.38. The maximum absolute atomic E-state index is 13.4. The number of hydrogen-bond donors (Lipinski definition) is 2. The highest BCUT2D eigenvalue weighted by Gasteiger charge is 2.02. The lowest BCUT2D eigenvalue weighted by Crippen LogP contribution is -2.38. The molecule has 0 aromatic carbocycles. The van der Waals surface area contributed by atoms with Crippen molar-refractivity contribution in [3.63, 3.8) is 0 Å². The van der Waals surface area contributed by atoms with Crippen molar-refractivity contribution >= 4 is 29.9 Å². The summed E-state index contributed by atoms with van der Waals surface area (Å²) < 4.78 is 18.4. The Kier molecular flexibility index (Phi) is 11.3. The average Bonchev–Trinajstić information content (AvgIpc) is 2.42. The van der Waals surface area contributed by atoms with Crippen LogP contribution in [0.15, 0.2) is 23.3 Å². The molecule has 0 spiro atoms. The molecular formula is C13H22FIN4O. The largest absolute Gasteiger partial charge is 0.385 e. The lowest BCUT2D eigenvalue weighted by atomic mass is 10.3. The van der Waals surface area contributed by atoms with E-state index in [0.29, 0.717) is 18.3 Å². The van der Waals surface area contributed by atoms with E-state index >= 15 is 0 Å². The Morgan fingerprint density at radius 2 is 2.25 bits per heavy atom. The summed E-state index contributed by atoms with van der Waals surface area (Å²) in [4.78, 5) is 8.26. The van der Waals surface area contributed by atoms with Crippen LogP contribution in [0.3, 0.4) is 0 Å². The van der Waals surface area contributed by atoms with Crippen molar-refractivity contribution in [2.24, 2.45) is 4.99 Å². The van der Waals surface area contributed by atoms with Crippen LogP contribution in [-0.4, -0.2) is 37.7 Å². The van der Waals surface area contributed by atoms with Crippen LogP contribution in [0.25, 0.3) is 0 Å². The van der Waals surface area contributed by atoms with E-state index in [2.05, 4.69) is 20.6 Å². The van der Waals surface area contributed by atoms with Gasteiger partial charge in [-0.1, -0.05) is 0 Å². The van der Waals surface area contributed by atoms with E-state index < -0.39 is 0 Å². The van der Waals surface area contributed by atoms with Crippen LogP contribution in [0.5, 0.6) is 0 Å². The van der Waals surface area contributed by atoms with E-state index in [0.717, 1.165) is 19.5 Å². The minimum Gasteiger partial charge on any atom is -0.385 e. The monoisotopic (exact) mass is 396 g/mol. The predicted molar refractivity (Wildman–Crippen MR) is 88.9 cm³/mol. The molecule has 114 valence electrons. The first-order chi connectivity index (χ1) is 9.27. The van der Waals surface area contributed by atoms with Crippen LogP contribution < -0.4 is 10.6 Å². The van der Waals surface area contributed by atoms with Crippen molar-refractivity contribution in [1.29, 1.82) is 0 Å². The van der Waals surface area contributed by atoms with Gasteiger partial charge < -0.3 is 15.4 Å². The fourth-order valence-corrected chi connectivity index (χ4v) is 1.45. The van der Waals surface area contributed by atoms with Gasteiger partial charge in [0.05, 0.1) is 12.2 Å². The zero-order valence-electron chi connectivity index (χ0n) is 11.9. The van der Waals surface area contributed by atoms with Crippen molar-refractivity contribution < 1.29 is 9.13 Å².